The SMILES string of the molecule is COC(=O)CCC(C)(C)Nc1nc(-c2ccc(C#N)cc2)cs1. The highest BCUT2D eigenvalue weighted by atomic mass is 32.1. The maximum absolute atomic E-state index is 11.3. The average molecular weight is 329 g/mol. The van der Waals surface area contributed by atoms with Crippen LogP contribution in [-0.2, 0) is 9.53 Å². The summed E-state index contributed by atoms with van der Waals surface area (Å²) < 4.78 is 4.67. The fourth-order valence-corrected chi connectivity index (χ4v) is 2.95. The van der Waals surface area contributed by atoms with E-state index in [0.29, 0.717) is 18.4 Å². The standard InChI is InChI=1S/C17H19N3O2S/c1-17(2,9-8-15(21)22-3)20-16-19-14(11-23-16)13-6-4-12(10-18)5-7-13/h4-7,11H,8-9H2,1-3H3,(H,19,20). The van der Waals surface area contributed by atoms with Gasteiger partial charge in [-0.1, -0.05) is 12.1 Å². The van der Waals surface area contributed by atoms with Gasteiger partial charge in [-0.3, -0.25) is 4.79 Å². The Bertz CT molecular complexity index is 714. The monoisotopic (exact) mass is 329 g/mol. The molecule has 1 heterocycles. The lowest BCUT2D eigenvalue weighted by Gasteiger charge is -2.25. The predicted octanol–water partition coefficient (Wildman–Crippen LogP) is 3.83. The van der Waals surface area contributed by atoms with Crippen LogP contribution in [0.4, 0.5) is 5.13 Å². The second kappa shape index (κ2) is 7.25. The number of nitriles is 1. The van der Waals surface area contributed by atoms with E-state index < -0.39 is 0 Å². The van der Waals surface area contributed by atoms with Crippen LogP contribution in [0.25, 0.3) is 11.3 Å². The first kappa shape index (κ1) is 17.0. The molecule has 0 aliphatic rings. The summed E-state index contributed by atoms with van der Waals surface area (Å²) in [5, 5.41) is 15.0. The van der Waals surface area contributed by atoms with Crippen LogP contribution in [0.2, 0.25) is 0 Å². The van der Waals surface area contributed by atoms with Crippen molar-refractivity contribution in [2.75, 3.05) is 12.4 Å². The molecule has 0 radical (unpaired) electrons. The first-order valence-corrected chi connectivity index (χ1v) is 8.12. The lowest BCUT2D eigenvalue weighted by Crippen LogP contribution is -2.31. The van der Waals surface area contributed by atoms with Crippen molar-refractivity contribution in [1.29, 1.82) is 5.26 Å². The molecule has 0 saturated carbocycles. The second-order valence-electron chi connectivity index (χ2n) is 5.81. The maximum Gasteiger partial charge on any atom is 0.305 e. The number of carbonyl (C=O) groups excluding carboxylic acids is 1. The molecule has 0 aliphatic heterocycles. The van der Waals surface area contributed by atoms with Crippen LogP contribution in [0.1, 0.15) is 32.3 Å². The van der Waals surface area contributed by atoms with Gasteiger partial charge >= 0.3 is 5.97 Å². The second-order valence-corrected chi connectivity index (χ2v) is 6.67. The summed E-state index contributed by atoms with van der Waals surface area (Å²) in [5.41, 5.74) is 2.21. The number of thiazole rings is 1. The third kappa shape index (κ3) is 4.80. The highest BCUT2D eigenvalue weighted by molar-refractivity contribution is 7.14. The Morgan fingerprint density at radius 3 is 2.70 bits per heavy atom. The van der Waals surface area contributed by atoms with E-state index in [4.69, 9.17) is 5.26 Å². The normalized spacial score (nSPS) is 10.9. The van der Waals surface area contributed by atoms with Crippen molar-refractivity contribution < 1.29 is 9.53 Å². The van der Waals surface area contributed by atoms with Crippen LogP contribution in [0.3, 0.4) is 0 Å². The summed E-state index contributed by atoms with van der Waals surface area (Å²) in [6.45, 7) is 4.05. The van der Waals surface area contributed by atoms with Crippen LogP contribution < -0.4 is 5.32 Å². The molecule has 0 aliphatic carbocycles. The van der Waals surface area contributed by atoms with E-state index in [9.17, 15) is 4.79 Å². The van der Waals surface area contributed by atoms with Gasteiger partial charge in [0.2, 0.25) is 0 Å². The molecule has 2 aromatic rings. The van der Waals surface area contributed by atoms with Crippen LogP contribution in [0, 0.1) is 11.3 Å². The number of ether oxygens (including phenoxy) is 1. The van der Waals surface area contributed by atoms with Gasteiger partial charge in [-0.15, -0.1) is 11.3 Å². The number of nitrogens with one attached hydrogen (secondary N) is 1. The number of hydrogen-bond acceptors (Lipinski definition) is 6. The Kier molecular flexibility index (Phi) is 5.35. The maximum atomic E-state index is 11.3. The molecule has 0 atom stereocenters. The first-order chi connectivity index (χ1) is 10.9. The quantitative estimate of drug-likeness (QED) is 0.815. The fraction of sp³-hybridized carbons (Fsp3) is 0.353. The zero-order valence-corrected chi connectivity index (χ0v) is 14.2. The number of carbonyl (C=O) groups is 1. The molecule has 0 saturated heterocycles. The first-order valence-electron chi connectivity index (χ1n) is 7.24. The van der Waals surface area contributed by atoms with Gasteiger partial charge in [-0.25, -0.2) is 4.98 Å². The van der Waals surface area contributed by atoms with Crippen molar-refractivity contribution in [2.45, 2.75) is 32.2 Å². The van der Waals surface area contributed by atoms with Crippen molar-refractivity contribution in [1.82, 2.24) is 4.98 Å². The largest absolute Gasteiger partial charge is 0.469 e. The number of nitrogens with zero attached hydrogens (tertiary/aromatic N) is 2. The number of hydrogen-bond donors (Lipinski definition) is 1. The predicted molar refractivity (Wildman–Crippen MR) is 91.2 cm³/mol. The smallest absolute Gasteiger partial charge is 0.305 e. The van der Waals surface area contributed by atoms with Crippen molar-refractivity contribution in [2.24, 2.45) is 0 Å². The van der Waals surface area contributed by atoms with Crippen molar-refractivity contribution in [3.8, 4) is 17.3 Å². The molecule has 6 heteroatoms. The average Bonchev–Trinajstić information content (AvgIpc) is 3.00. The third-order valence-corrected chi connectivity index (χ3v) is 4.20. The minimum Gasteiger partial charge on any atom is -0.469 e. The Balaban J connectivity index is 2.03. The van der Waals surface area contributed by atoms with E-state index in [1.807, 2.05) is 31.4 Å². The molecule has 120 valence electrons. The van der Waals surface area contributed by atoms with Gasteiger partial charge in [0.05, 0.1) is 24.4 Å². The number of esters is 1. The Morgan fingerprint density at radius 1 is 1.39 bits per heavy atom. The van der Waals surface area contributed by atoms with Gasteiger partial charge in [-0.2, -0.15) is 5.26 Å². The number of methoxy groups -OCH3 is 1. The zero-order chi connectivity index (χ0) is 16.9. The molecule has 0 fully saturated rings. The van der Waals surface area contributed by atoms with Gasteiger partial charge in [-0.05, 0) is 32.4 Å². The van der Waals surface area contributed by atoms with E-state index in [1.165, 1.54) is 18.4 Å². The molecular formula is C17H19N3O2S. The summed E-state index contributed by atoms with van der Waals surface area (Å²) in [7, 11) is 1.40. The summed E-state index contributed by atoms with van der Waals surface area (Å²) >= 11 is 1.52. The van der Waals surface area contributed by atoms with Crippen LogP contribution >= 0.6 is 11.3 Å². The van der Waals surface area contributed by atoms with Crippen molar-refractivity contribution in [3.05, 3.63) is 35.2 Å². The van der Waals surface area contributed by atoms with Gasteiger partial charge in [0.15, 0.2) is 5.13 Å². The molecule has 0 spiro atoms. The number of anilines is 1. The van der Waals surface area contributed by atoms with Crippen molar-refractivity contribution in [3.63, 3.8) is 0 Å². The molecule has 1 N–H and O–H groups in total. The molecule has 1 aromatic heterocycles. The van der Waals surface area contributed by atoms with E-state index in [1.54, 1.807) is 12.1 Å². The lowest BCUT2D eigenvalue weighted by molar-refractivity contribution is -0.140. The summed E-state index contributed by atoms with van der Waals surface area (Å²) in [4.78, 5) is 15.8. The highest BCUT2D eigenvalue weighted by Gasteiger charge is 2.20. The van der Waals surface area contributed by atoms with Crippen LogP contribution in [0.5, 0.6) is 0 Å². The summed E-state index contributed by atoms with van der Waals surface area (Å²) in [6.07, 6.45) is 1.02. The fourth-order valence-electron chi connectivity index (χ4n) is 2.05. The minimum absolute atomic E-state index is 0.211. The number of rotatable bonds is 6. The van der Waals surface area contributed by atoms with E-state index in [0.717, 1.165) is 16.4 Å². The summed E-state index contributed by atoms with van der Waals surface area (Å²) in [5.74, 6) is -0.211. The van der Waals surface area contributed by atoms with Gasteiger partial charge in [0, 0.05) is 22.9 Å². The Morgan fingerprint density at radius 2 is 2.09 bits per heavy atom. The summed E-state index contributed by atoms with van der Waals surface area (Å²) in [6, 6.07) is 9.44. The molecule has 1 aromatic carbocycles. The van der Waals surface area contributed by atoms with Gasteiger partial charge < -0.3 is 10.1 Å². The topological polar surface area (TPSA) is 75.0 Å². The molecule has 0 unspecified atom stereocenters. The molecule has 0 amide bonds. The number of aromatic nitrogens is 1. The highest BCUT2D eigenvalue weighted by Crippen LogP contribution is 2.28. The molecular weight excluding hydrogens is 310 g/mol. The van der Waals surface area contributed by atoms with Gasteiger partial charge in [0.25, 0.3) is 0 Å². The zero-order valence-electron chi connectivity index (χ0n) is 13.4. The molecule has 23 heavy (non-hydrogen) atoms. The molecule has 5 nitrogen and oxygen atoms in total. The lowest BCUT2D eigenvalue weighted by atomic mass is 9.99. The minimum atomic E-state index is -0.256. The van der Waals surface area contributed by atoms with Crippen LogP contribution in [-0.4, -0.2) is 23.6 Å². The third-order valence-electron chi connectivity index (χ3n) is 3.44. The Hall–Kier alpha value is -2.39. The van der Waals surface area contributed by atoms with E-state index in [-0.39, 0.29) is 11.5 Å². The van der Waals surface area contributed by atoms with Crippen LogP contribution in [0.15, 0.2) is 29.6 Å². The van der Waals surface area contributed by atoms with E-state index in [2.05, 4.69) is 21.1 Å². The Labute approximate surface area is 139 Å². The molecule has 2 rings (SSSR count). The number of benzene rings is 1. The van der Waals surface area contributed by atoms with Crippen molar-refractivity contribution >= 4 is 22.4 Å². The van der Waals surface area contributed by atoms with Gasteiger partial charge in [0.1, 0.15) is 0 Å². The molecule has 0 bridgehead atoms. The van der Waals surface area contributed by atoms with E-state index >= 15 is 0 Å².